The Hall–Kier alpha value is -2.52. The summed E-state index contributed by atoms with van der Waals surface area (Å²) < 4.78 is 5.38. The number of hydrogen-bond acceptors (Lipinski definition) is 7. The molecule has 2 aliphatic heterocycles. The lowest BCUT2D eigenvalue weighted by Gasteiger charge is -2.34. The number of amides is 1. The van der Waals surface area contributed by atoms with Gasteiger partial charge in [-0.3, -0.25) is 9.89 Å². The van der Waals surface area contributed by atoms with E-state index in [1.165, 1.54) is 4.88 Å². The van der Waals surface area contributed by atoms with Crippen LogP contribution in [0.1, 0.15) is 39.7 Å². The number of fused-ring (bicyclic) bond motifs is 1. The van der Waals surface area contributed by atoms with Gasteiger partial charge in [0.15, 0.2) is 0 Å². The summed E-state index contributed by atoms with van der Waals surface area (Å²) >= 11 is 1.70. The molecule has 152 valence electrons. The van der Waals surface area contributed by atoms with E-state index in [-0.39, 0.29) is 11.8 Å². The Morgan fingerprint density at radius 3 is 3.00 bits per heavy atom. The Morgan fingerprint density at radius 2 is 2.14 bits per heavy atom. The van der Waals surface area contributed by atoms with Gasteiger partial charge in [-0.2, -0.15) is 5.10 Å². The molecule has 0 bridgehead atoms. The van der Waals surface area contributed by atoms with Crippen molar-refractivity contribution in [2.75, 3.05) is 44.3 Å². The van der Waals surface area contributed by atoms with E-state index in [2.05, 4.69) is 38.1 Å². The van der Waals surface area contributed by atoms with Crippen molar-refractivity contribution in [3.05, 3.63) is 34.7 Å². The third-order valence-corrected chi connectivity index (χ3v) is 6.72. The second-order valence-electron chi connectivity index (χ2n) is 7.66. The summed E-state index contributed by atoms with van der Waals surface area (Å²) in [4.78, 5) is 28.5. The molecule has 0 aliphatic carbocycles. The summed E-state index contributed by atoms with van der Waals surface area (Å²) in [6.07, 6.45) is 5.40. The first kappa shape index (κ1) is 18.5. The van der Waals surface area contributed by atoms with Crippen molar-refractivity contribution in [1.82, 2.24) is 25.1 Å². The van der Waals surface area contributed by atoms with Crippen molar-refractivity contribution >= 4 is 33.3 Å². The second-order valence-corrected chi connectivity index (χ2v) is 8.90. The van der Waals surface area contributed by atoms with E-state index in [0.29, 0.717) is 31.9 Å². The quantitative estimate of drug-likeness (QED) is 0.712. The number of carbonyl (C=O) groups excluding carboxylic acids is 1. The van der Waals surface area contributed by atoms with Crippen molar-refractivity contribution in [3.63, 3.8) is 0 Å². The fraction of sp³-hybridized carbons (Fsp3) is 0.500. The number of aromatic nitrogens is 4. The van der Waals surface area contributed by atoms with Gasteiger partial charge in [0.1, 0.15) is 17.0 Å². The number of carbonyl (C=O) groups is 1. The van der Waals surface area contributed by atoms with Crippen LogP contribution in [0.4, 0.5) is 5.82 Å². The molecule has 1 N–H and O–H groups in total. The first-order chi connectivity index (χ1) is 14.2. The number of nitrogens with zero attached hydrogens (tertiary/aromatic N) is 5. The van der Waals surface area contributed by atoms with Crippen molar-refractivity contribution in [3.8, 4) is 0 Å². The predicted molar refractivity (Wildman–Crippen MR) is 112 cm³/mol. The average molecular weight is 413 g/mol. The van der Waals surface area contributed by atoms with E-state index in [1.807, 2.05) is 4.90 Å². The van der Waals surface area contributed by atoms with Crippen LogP contribution in [0.5, 0.6) is 0 Å². The van der Waals surface area contributed by atoms with Gasteiger partial charge in [0.2, 0.25) is 0 Å². The van der Waals surface area contributed by atoms with Gasteiger partial charge in [0.25, 0.3) is 5.91 Å². The van der Waals surface area contributed by atoms with Crippen molar-refractivity contribution in [1.29, 1.82) is 0 Å². The van der Waals surface area contributed by atoms with E-state index in [4.69, 9.17) is 4.74 Å². The zero-order valence-electron chi connectivity index (χ0n) is 16.4. The molecular formula is C20H24N6O2S. The van der Waals surface area contributed by atoms with E-state index >= 15 is 0 Å². The molecule has 2 aliphatic rings. The van der Waals surface area contributed by atoms with Gasteiger partial charge in [-0.15, -0.1) is 11.3 Å². The molecule has 0 radical (unpaired) electrons. The molecule has 3 aromatic heterocycles. The molecule has 29 heavy (non-hydrogen) atoms. The Bertz CT molecular complexity index is 1030. The van der Waals surface area contributed by atoms with Crippen LogP contribution in [-0.2, 0) is 4.74 Å². The van der Waals surface area contributed by atoms with Crippen LogP contribution < -0.4 is 4.90 Å². The lowest BCUT2D eigenvalue weighted by atomic mass is 9.92. The van der Waals surface area contributed by atoms with Crippen LogP contribution in [-0.4, -0.2) is 70.4 Å². The number of anilines is 1. The van der Waals surface area contributed by atoms with Crippen LogP contribution >= 0.6 is 11.3 Å². The Morgan fingerprint density at radius 1 is 1.28 bits per heavy atom. The topological polar surface area (TPSA) is 87.2 Å². The summed E-state index contributed by atoms with van der Waals surface area (Å²) in [7, 11) is 0. The number of nitrogens with one attached hydrogen (secondary N) is 1. The van der Waals surface area contributed by atoms with E-state index in [1.54, 1.807) is 23.9 Å². The van der Waals surface area contributed by atoms with Crippen LogP contribution in [0, 0.1) is 6.92 Å². The van der Waals surface area contributed by atoms with Gasteiger partial charge in [0, 0.05) is 37.0 Å². The maximum atomic E-state index is 13.0. The fourth-order valence-corrected chi connectivity index (χ4v) is 5.18. The van der Waals surface area contributed by atoms with Crippen LogP contribution in [0.25, 0.3) is 10.2 Å². The second kappa shape index (κ2) is 7.72. The minimum absolute atomic E-state index is 0.0482. The first-order valence-electron chi connectivity index (χ1n) is 10.1. The van der Waals surface area contributed by atoms with E-state index in [9.17, 15) is 4.79 Å². The molecule has 0 aromatic carbocycles. The molecule has 0 unspecified atom stereocenters. The normalized spacial score (nSPS) is 20.4. The SMILES string of the molecule is Cc1cc2c(N3CCC[C@@H](c4[nH]ncc4C(=O)N4CCOCC4)C3)ncnc2s1. The molecule has 3 aromatic rings. The highest BCUT2D eigenvalue weighted by Crippen LogP contribution is 2.35. The first-order valence-corrected chi connectivity index (χ1v) is 10.9. The van der Waals surface area contributed by atoms with Gasteiger partial charge in [-0.05, 0) is 25.8 Å². The summed E-state index contributed by atoms with van der Waals surface area (Å²) in [6.45, 7) is 6.33. The maximum Gasteiger partial charge on any atom is 0.257 e. The summed E-state index contributed by atoms with van der Waals surface area (Å²) in [5.41, 5.74) is 1.64. The number of ether oxygens (including phenoxy) is 1. The molecule has 5 heterocycles. The molecule has 9 heteroatoms. The number of morpholine rings is 1. The molecule has 0 spiro atoms. The van der Waals surface area contributed by atoms with Gasteiger partial charge < -0.3 is 14.5 Å². The molecule has 5 rings (SSSR count). The highest BCUT2D eigenvalue weighted by molar-refractivity contribution is 7.18. The molecule has 1 atom stereocenters. The number of thiophene rings is 1. The average Bonchev–Trinajstić information content (AvgIpc) is 3.39. The van der Waals surface area contributed by atoms with Gasteiger partial charge in [0.05, 0.1) is 36.1 Å². The Labute approximate surface area is 172 Å². The lowest BCUT2D eigenvalue weighted by molar-refractivity contribution is 0.0302. The lowest BCUT2D eigenvalue weighted by Crippen LogP contribution is -2.41. The fourth-order valence-electron chi connectivity index (χ4n) is 4.34. The van der Waals surface area contributed by atoms with E-state index in [0.717, 1.165) is 47.7 Å². The standard InChI is InChI=1S/C20H24N6O2S/c1-13-9-15-18(21-12-22-19(15)29-13)26-4-2-3-14(11-26)17-16(10-23-24-17)20(27)25-5-7-28-8-6-25/h9-10,12,14H,2-8,11H2,1H3,(H,23,24)/t14-/m1/s1. The number of H-pyrrole nitrogens is 1. The van der Waals surface area contributed by atoms with Gasteiger partial charge >= 0.3 is 0 Å². The summed E-state index contributed by atoms with van der Waals surface area (Å²) in [6, 6.07) is 2.17. The van der Waals surface area contributed by atoms with Crippen LogP contribution in [0.2, 0.25) is 0 Å². The number of aryl methyl sites for hydroxylation is 1. The summed E-state index contributed by atoms with van der Waals surface area (Å²) in [5, 5.41) is 8.46. The van der Waals surface area contributed by atoms with Gasteiger partial charge in [-0.1, -0.05) is 0 Å². The molecule has 8 nitrogen and oxygen atoms in total. The molecule has 2 saturated heterocycles. The minimum atomic E-state index is 0.0482. The third-order valence-electron chi connectivity index (χ3n) is 5.76. The molecule has 2 fully saturated rings. The third kappa shape index (κ3) is 3.49. The Balaban J connectivity index is 1.40. The monoisotopic (exact) mass is 412 g/mol. The highest BCUT2D eigenvalue weighted by Gasteiger charge is 2.30. The van der Waals surface area contributed by atoms with E-state index < -0.39 is 0 Å². The van der Waals surface area contributed by atoms with Crippen molar-refractivity contribution in [2.24, 2.45) is 0 Å². The van der Waals surface area contributed by atoms with Crippen molar-refractivity contribution < 1.29 is 9.53 Å². The Kier molecular flexibility index (Phi) is 4.92. The molecular weight excluding hydrogens is 388 g/mol. The predicted octanol–water partition coefficient (Wildman–Crippen LogP) is 2.58. The molecule has 0 saturated carbocycles. The number of aromatic amines is 1. The highest BCUT2D eigenvalue weighted by atomic mass is 32.1. The molecule has 1 amide bonds. The van der Waals surface area contributed by atoms with Crippen molar-refractivity contribution in [2.45, 2.75) is 25.7 Å². The minimum Gasteiger partial charge on any atom is -0.378 e. The largest absolute Gasteiger partial charge is 0.378 e. The number of rotatable bonds is 3. The zero-order chi connectivity index (χ0) is 19.8. The number of hydrogen-bond donors (Lipinski definition) is 1. The summed E-state index contributed by atoms with van der Waals surface area (Å²) in [5.74, 6) is 1.26. The zero-order valence-corrected chi connectivity index (χ0v) is 17.2. The van der Waals surface area contributed by atoms with Crippen LogP contribution in [0.15, 0.2) is 18.6 Å². The maximum absolute atomic E-state index is 13.0. The van der Waals surface area contributed by atoms with Crippen LogP contribution in [0.3, 0.4) is 0 Å². The number of piperidine rings is 1. The smallest absolute Gasteiger partial charge is 0.257 e. The van der Waals surface area contributed by atoms with Gasteiger partial charge in [-0.25, -0.2) is 9.97 Å².